The van der Waals surface area contributed by atoms with Gasteiger partial charge in [0.1, 0.15) is 18.0 Å². The topological polar surface area (TPSA) is 68.5 Å². The number of carbonyl (C=O) groups excluding carboxylic acids is 1. The van der Waals surface area contributed by atoms with Gasteiger partial charge in [-0.05, 0) is 25.1 Å². The lowest BCUT2D eigenvalue weighted by atomic mass is 10.1. The Morgan fingerprint density at radius 2 is 1.88 bits per heavy atom. The van der Waals surface area contributed by atoms with Crippen molar-refractivity contribution in [3.8, 4) is 11.3 Å². The number of methoxy groups -OCH3 is 1. The third-order valence-corrected chi connectivity index (χ3v) is 3.62. The lowest BCUT2D eigenvalue weighted by Gasteiger charge is -2.07. The van der Waals surface area contributed by atoms with Gasteiger partial charge in [-0.1, -0.05) is 29.8 Å². The standard InChI is InChI=1S/C19H17NO4/c1-12-3-5-13(6-4-12)18-10-16(21)15-9-14(7-8-17(15)24-18)20-19(22)11-23-2/h3-10H,11H2,1-2H3,(H,20,22). The molecule has 0 aliphatic rings. The molecule has 122 valence electrons. The zero-order chi connectivity index (χ0) is 17.1. The van der Waals surface area contributed by atoms with Crippen molar-refractivity contribution in [3.05, 3.63) is 64.3 Å². The van der Waals surface area contributed by atoms with Crippen LogP contribution in [0, 0.1) is 6.92 Å². The van der Waals surface area contributed by atoms with Gasteiger partial charge in [0.2, 0.25) is 5.91 Å². The average Bonchev–Trinajstić information content (AvgIpc) is 2.56. The third-order valence-electron chi connectivity index (χ3n) is 3.62. The fraction of sp³-hybridized carbons (Fsp3) is 0.158. The highest BCUT2D eigenvalue weighted by Crippen LogP contribution is 2.24. The number of amides is 1. The average molecular weight is 323 g/mol. The molecule has 0 fully saturated rings. The SMILES string of the molecule is COCC(=O)Nc1ccc2oc(-c3ccc(C)cc3)cc(=O)c2c1. The number of fused-ring (bicyclic) bond motifs is 1. The van der Waals surface area contributed by atoms with Crippen LogP contribution in [-0.2, 0) is 9.53 Å². The number of benzene rings is 2. The van der Waals surface area contributed by atoms with E-state index < -0.39 is 0 Å². The maximum Gasteiger partial charge on any atom is 0.250 e. The van der Waals surface area contributed by atoms with Crippen molar-refractivity contribution >= 4 is 22.6 Å². The first-order chi connectivity index (χ1) is 11.6. The molecule has 5 heteroatoms. The highest BCUT2D eigenvalue weighted by molar-refractivity contribution is 5.94. The van der Waals surface area contributed by atoms with Crippen LogP contribution in [0.4, 0.5) is 5.69 Å². The molecule has 1 heterocycles. The summed E-state index contributed by atoms with van der Waals surface area (Å²) in [7, 11) is 1.45. The van der Waals surface area contributed by atoms with Crippen molar-refractivity contribution in [2.45, 2.75) is 6.92 Å². The van der Waals surface area contributed by atoms with Crippen molar-refractivity contribution in [1.82, 2.24) is 0 Å². The van der Waals surface area contributed by atoms with E-state index in [1.807, 2.05) is 31.2 Å². The molecule has 0 bridgehead atoms. The highest BCUT2D eigenvalue weighted by atomic mass is 16.5. The van der Waals surface area contributed by atoms with E-state index in [-0.39, 0.29) is 17.9 Å². The van der Waals surface area contributed by atoms with Crippen molar-refractivity contribution in [2.24, 2.45) is 0 Å². The zero-order valence-electron chi connectivity index (χ0n) is 13.5. The van der Waals surface area contributed by atoms with Gasteiger partial charge in [-0.3, -0.25) is 9.59 Å². The van der Waals surface area contributed by atoms with Crippen LogP contribution >= 0.6 is 0 Å². The smallest absolute Gasteiger partial charge is 0.250 e. The van der Waals surface area contributed by atoms with Crippen LogP contribution in [0.5, 0.6) is 0 Å². The summed E-state index contributed by atoms with van der Waals surface area (Å²) < 4.78 is 10.6. The predicted molar refractivity (Wildman–Crippen MR) is 93.2 cm³/mol. The van der Waals surface area contributed by atoms with E-state index in [9.17, 15) is 9.59 Å². The van der Waals surface area contributed by atoms with E-state index in [0.29, 0.717) is 22.4 Å². The number of rotatable bonds is 4. The molecular weight excluding hydrogens is 306 g/mol. The van der Waals surface area contributed by atoms with Crippen LogP contribution in [0.3, 0.4) is 0 Å². The minimum Gasteiger partial charge on any atom is -0.456 e. The van der Waals surface area contributed by atoms with Crippen molar-refractivity contribution in [1.29, 1.82) is 0 Å². The van der Waals surface area contributed by atoms with Crippen LogP contribution in [0.15, 0.2) is 57.7 Å². The molecule has 1 amide bonds. The molecule has 0 saturated carbocycles. The number of hydrogen-bond donors (Lipinski definition) is 1. The van der Waals surface area contributed by atoms with Crippen molar-refractivity contribution in [3.63, 3.8) is 0 Å². The van der Waals surface area contributed by atoms with Crippen LogP contribution in [0.1, 0.15) is 5.56 Å². The molecule has 0 radical (unpaired) electrons. The molecule has 1 aromatic heterocycles. The molecular formula is C19H17NO4. The molecule has 0 saturated heterocycles. The van der Waals surface area contributed by atoms with E-state index in [2.05, 4.69) is 5.32 Å². The predicted octanol–water partition coefficient (Wildman–Crippen LogP) is 3.35. The third kappa shape index (κ3) is 3.36. The van der Waals surface area contributed by atoms with E-state index in [1.165, 1.54) is 13.2 Å². The van der Waals surface area contributed by atoms with E-state index in [1.54, 1.807) is 18.2 Å². The summed E-state index contributed by atoms with van der Waals surface area (Å²) in [5.41, 5.74) is 2.83. The van der Waals surface area contributed by atoms with Crippen LogP contribution in [-0.4, -0.2) is 19.6 Å². The Kier molecular flexibility index (Phi) is 4.44. The molecule has 1 N–H and O–H groups in total. The number of aryl methyl sites for hydroxylation is 1. The van der Waals surface area contributed by atoms with Gasteiger partial charge >= 0.3 is 0 Å². The van der Waals surface area contributed by atoms with Crippen LogP contribution in [0.2, 0.25) is 0 Å². The first kappa shape index (κ1) is 16.0. The van der Waals surface area contributed by atoms with Gasteiger partial charge in [-0.25, -0.2) is 0 Å². The summed E-state index contributed by atoms with van der Waals surface area (Å²) in [6.45, 7) is 1.96. The van der Waals surface area contributed by atoms with Gasteiger partial charge in [0, 0.05) is 24.4 Å². The summed E-state index contributed by atoms with van der Waals surface area (Å²) >= 11 is 0. The largest absolute Gasteiger partial charge is 0.456 e. The molecule has 5 nitrogen and oxygen atoms in total. The maximum absolute atomic E-state index is 12.4. The lowest BCUT2D eigenvalue weighted by molar-refractivity contribution is -0.119. The second-order valence-electron chi connectivity index (χ2n) is 5.53. The molecule has 24 heavy (non-hydrogen) atoms. The fourth-order valence-electron chi connectivity index (χ4n) is 2.42. The number of hydrogen-bond acceptors (Lipinski definition) is 4. The Balaban J connectivity index is 1.99. The number of anilines is 1. The number of nitrogens with one attached hydrogen (secondary N) is 1. The van der Waals surface area contributed by atoms with Crippen molar-refractivity contribution in [2.75, 3.05) is 19.0 Å². The highest BCUT2D eigenvalue weighted by Gasteiger charge is 2.09. The second-order valence-corrected chi connectivity index (χ2v) is 5.53. The Hall–Kier alpha value is -2.92. The molecule has 0 atom stereocenters. The van der Waals surface area contributed by atoms with E-state index in [4.69, 9.17) is 9.15 Å². The lowest BCUT2D eigenvalue weighted by Crippen LogP contribution is -2.17. The fourth-order valence-corrected chi connectivity index (χ4v) is 2.42. The molecule has 0 unspecified atom stereocenters. The summed E-state index contributed by atoms with van der Waals surface area (Å²) in [6, 6.07) is 14.2. The Morgan fingerprint density at radius 1 is 1.12 bits per heavy atom. The normalized spacial score (nSPS) is 10.8. The molecule has 3 rings (SSSR count). The minimum absolute atomic E-state index is 0.0427. The minimum atomic E-state index is -0.280. The Morgan fingerprint density at radius 3 is 2.58 bits per heavy atom. The second kappa shape index (κ2) is 6.68. The Bertz CT molecular complexity index is 942. The van der Waals surface area contributed by atoms with E-state index in [0.717, 1.165) is 11.1 Å². The summed E-state index contributed by atoms with van der Waals surface area (Å²) in [4.78, 5) is 24.0. The molecule has 0 aliphatic heterocycles. The molecule has 2 aromatic carbocycles. The molecule has 0 spiro atoms. The van der Waals surface area contributed by atoms with Gasteiger partial charge in [-0.15, -0.1) is 0 Å². The zero-order valence-corrected chi connectivity index (χ0v) is 13.5. The molecule has 3 aromatic rings. The van der Waals surface area contributed by atoms with Crippen LogP contribution < -0.4 is 10.7 Å². The van der Waals surface area contributed by atoms with Crippen LogP contribution in [0.25, 0.3) is 22.3 Å². The van der Waals surface area contributed by atoms with Gasteiger partial charge in [-0.2, -0.15) is 0 Å². The van der Waals surface area contributed by atoms with Crippen molar-refractivity contribution < 1.29 is 13.9 Å². The summed E-state index contributed by atoms with van der Waals surface area (Å²) in [5, 5.41) is 3.09. The van der Waals surface area contributed by atoms with Gasteiger partial charge in [0.05, 0.1) is 5.39 Å². The Labute approximate surface area is 138 Å². The van der Waals surface area contributed by atoms with E-state index >= 15 is 0 Å². The number of ether oxygens (including phenoxy) is 1. The van der Waals surface area contributed by atoms with Gasteiger partial charge in [0.15, 0.2) is 5.43 Å². The quantitative estimate of drug-likeness (QED) is 0.799. The maximum atomic E-state index is 12.4. The first-order valence-corrected chi connectivity index (χ1v) is 7.50. The first-order valence-electron chi connectivity index (χ1n) is 7.50. The number of carbonyl (C=O) groups is 1. The molecule has 0 aliphatic carbocycles. The van der Waals surface area contributed by atoms with Gasteiger partial charge < -0.3 is 14.5 Å². The van der Waals surface area contributed by atoms with Gasteiger partial charge in [0.25, 0.3) is 0 Å². The monoisotopic (exact) mass is 323 g/mol. The summed E-state index contributed by atoms with van der Waals surface area (Å²) in [6.07, 6.45) is 0. The summed E-state index contributed by atoms with van der Waals surface area (Å²) in [5.74, 6) is 0.237.